The standard InChI is InChI=1S/C29H20Br2N4O9/c1-40-24-4-3-5-25(41-2)27(24)44-26(22-14-20(30)28(32-22)42-18-10-6-16(7-11-18)34(36)37)23-15-21(31)29(33-23)43-19-12-8-17(9-13-19)35(38)39/h3-15,32H,1-2H3/b26-23+. The van der Waals surface area contributed by atoms with Gasteiger partial charge in [0.25, 0.3) is 11.4 Å². The van der Waals surface area contributed by atoms with E-state index in [1.807, 2.05) is 0 Å². The van der Waals surface area contributed by atoms with Crippen LogP contribution in [0.1, 0.15) is 5.69 Å². The molecule has 0 amide bonds. The number of aliphatic imine (C=N–C) groups is 1. The highest BCUT2D eigenvalue weighted by Gasteiger charge is 2.25. The third-order valence-electron chi connectivity index (χ3n) is 6.02. The lowest BCUT2D eigenvalue weighted by Gasteiger charge is -2.16. The molecule has 0 fully saturated rings. The summed E-state index contributed by atoms with van der Waals surface area (Å²) in [5, 5.41) is 22.0. The first kappa shape index (κ1) is 30.3. The molecule has 15 heteroatoms. The van der Waals surface area contributed by atoms with Crippen LogP contribution in [0, 0.1) is 20.2 Å². The van der Waals surface area contributed by atoms with Gasteiger partial charge < -0.3 is 28.7 Å². The SMILES string of the molecule is COc1cccc(OC)c1O/C(=C1\C=C(Br)C(Oc2ccc([N+](=O)[O-])cc2)=N1)c1cc(Br)c(Oc2ccc([N+](=O)[O-])cc2)[nH]1. The summed E-state index contributed by atoms with van der Waals surface area (Å²) in [6.07, 6.45) is 1.67. The average Bonchev–Trinajstić information content (AvgIpc) is 3.56. The van der Waals surface area contributed by atoms with Crippen molar-refractivity contribution in [2.75, 3.05) is 14.2 Å². The number of ether oxygens (including phenoxy) is 5. The summed E-state index contributed by atoms with van der Waals surface area (Å²) in [6.45, 7) is 0. The number of hydrogen-bond acceptors (Lipinski definition) is 10. The van der Waals surface area contributed by atoms with Crippen molar-refractivity contribution >= 4 is 54.9 Å². The van der Waals surface area contributed by atoms with E-state index in [1.54, 1.807) is 30.3 Å². The van der Waals surface area contributed by atoms with Crippen LogP contribution in [0.15, 0.2) is 98.5 Å². The number of hydrogen-bond donors (Lipinski definition) is 1. The number of halogens is 2. The highest BCUT2D eigenvalue weighted by atomic mass is 79.9. The summed E-state index contributed by atoms with van der Waals surface area (Å²) in [6, 6.07) is 18.1. The summed E-state index contributed by atoms with van der Waals surface area (Å²) >= 11 is 6.96. The van der Waals surface area contributed by atoms with Gasteiger partial charge in [-0.3, -0.25) is 20.2 Å². The Morgan fingerprint density at radius 2 is 1.36 bits per heavy atom. The third-order valence-corrected chi connectivity index (χ3v) is 7.18. The Hall–Kier alpha value is -5.15. The molecule has 1 aromatic heterocycles. The predicted octanol–water partition coefficient (Wildman–Crippen LogP) is 7.92. The summed E-state index contributed by atoms with van der Waals surface area (Å²) < 4.78 is 30.3. The molecule has 0 saturated carbocycles. The quantitative estimate of drug-likeness (QED) is 0.0972. The van der Waals surface area contributed by atoms with Crippen LogP contribution in [0.3, 0.4) is 0 Å². The van der Waals surface area contributed by atoms with Crippen molar-refractivity contribution in [1.82, 2.24) is 4.98 Å². The molecular formula is C29H20Br2N4O9. The van der Waals surface area contributed by atoms with Crippen molar-refractivity contribution in [3.63, 3.8) is 0 Å². The predicted molar refractivity (Wildman–Crippen MR) is 167 cm³/mol. The zero-order valence-corrected chi connectivity index (χ0v) is 25.9. The fourth-order valence-corrected chi connectivity index (χ4v) is 4.73. The zero-order chi connectivity index (χ0) is 31.4. The number of benzene rings is 3. The number of nitrogens with one attached hydrogen (secondary N) is 1. The maximum absolute atomic E-state index is 11.0. The van der Waals surface area contributed by atoms with Crippen LogP contribution in [-0.2, 0) is 0 Å². The molecule has 3 aromatic carbocycles. The molecule has 0 atom stereocenters. The van der Waals surface area contributed by atoms with Gasteiger partial charge in [0, 0.05) is 24.3 Å². The number of allylic oxidation sites excluding steroid dienone is 1. The summed E-state index contributed by atoms with van der Waals surface area (Å²) in [4.78, 5) is 28.8. The van der Waals surface area contributed by atoms with Crippen LogP contribution in [-0.4, -0.2) is 34.9 Å². The molecule has 4 aromatic rings. The molecule has 224 valence electrons. The van der Waals surface area contributed by atoms with Gasteiger partial charge in [-0.15, -0.1) is 0 Å². The molecule has 0 bridgehead atoms. The lowest BCUT2D eigenvalue weighted by atomic mass is 10.2. The number of H-pyrrole nitrogens is 1. The van der Waals surface area contributed by atoms with Crippen LogP contribution < -0.4 is 23.7 Å². The Morgan fingerprint density at radius 3 is 1.89 bits per heavy atom. The number of para-hydroxylation sites is 1. The highest BCUT2D eigenvalue weighted by Crippen LogP contribution is 2.42. The van der Waals surface area contributed by atoms with Crippen molar-refractivity contribution < 1.29 is 33.5 Å². The van der Waals surface area contributed by atoms with Crippen molar-refractivity contribution in [1.29, 1.82) is 0 Å². The van der Waals surface area contributed by atoms with Gasteiger partial charge in [-0.05, 0) is 80.4 Å². The van der Waals surface area contributed by atoms with Crippen LogP contribution in [0.4, 0.5) is 11.4 Å². The Balaban J connectivity index is 1.55. The van der Waals surface area contributed by atoms with E-state index in [9.17, 15) is 20.2 Å². The smallest absolute Gasteiger partial charge is 0.269 e. The highest BCUT2D eigenvalue weighted by molar-refractivity contribution is 9.12. The van der Waals surface area contributed by atoms with E-state index in [-0.39, 0.29) is 34.7 Å². The van der Waals surface area contributed by atoms with Crippen LogP contribution in [0.25, 0.3) is 5.76 Å². The fourth-order valence-electron chi connectivity index (χ4n) is 3.94. The van der Waals surface area contributed by atoms with E-state index in [1.165, 1.54) is 62.8 Å². The van der Waals surface area contributed by atoms with Crippen molar-refractivity contribution in [2.45, 2.75) is 0 Å². The number of aromatic nitrogens is 1. The summed E-state index contributed by atoms with van der Waals surface area (Å²) in [5.41, 5.74) is 0.607. The van der Waals surface area contributed by atoms with Crippen molar-refractivity contribution in [3.8, 4) is 34.6 Å². The number of nitro benzene ring substituents is 2. The number of nitro groups is 2. The number of methoxy groups -OCH3 is 2. The number of rotatable bonds is 10. The van der Waals surface area contributed by atoms with Crippen molar-refractivity contribution in [2.24, 2.45) is 4.99 Å². The largest absolute Gasteiger partial charge is 0.493 e. The minimum absolute atomic E-state index is 0.0713. The lowest BCUT2D eigenvalue weighted by molar-refractivity contribution is -0.385. The molecule has 0 radical (unpaired) electrons. The second-order valence-electron chi connectivity index (χ2n) is 8.78. The van der Waals surface area contributed by atoms with Crippen molar-refractivity contribution in [3.05, 3.63) is 119 Å². The summed E-state index contributed by atoms with van der Waals surface area (Å²) in [7, 11) is 2.99. The van der Waals surface area contributed by atoms with E-state index in [0.29, 0.717) is 43.3 Å². The van der Waals surface area contributed by atoms with Gasteiger partial charge in [-0.2, -0.15) is 0 Å². The molecule has 1 aliphatic rings. The third kappa shape index (κ3) is 6.58. The van der Waals surface area contributed by atoms with E-state index in [4.69, 9.17) is 23.7 Å². The lowest BCUT2D eigenvalue weighted by Crippen LogP contribution is -2.06. The second-order valence-corrected chi connectivity index (χ2v) is 10.5. The molecule has 0 unspecified atom stereocenters. The molecule has 13 nitrogen and oxygen atoms in total. The Labute approximate surface area is 265 Å². The van der Waals surface area contributed by atoms with Crippen LogP contribution in [0.2, 0.25) is 0 Å². The number of aromatic amines is 1. The van der Waals surface area contributed by atoms with E-state index >= 15 is 0 Å². The molecule has 1 aliphatic heterocycles. The Morgan fingerprint density at radius 1 is 0.818 bits per heavy atom. The molecule has 0 saturated heterocycles. The summed E-state index contributed by atoms with van der Waals surface area (Å²) in [5.74, 6) is 2.43. The first-order chi connectivity index (χ1) is 21.2. The monoisotopic (exact) mass is 726 g/mol. The molecule has 5 rings (SSSR count). The first-order valence-corrected chi connectivity index (χ1v) is 14.1. The van der Waals surface area contributed by atoms with Gasteiger partial charge in [0.2, 0.25) is 17.5 Å². The molecule has 44 heavy (non-hydrogen) atoms. The second kappa shape index (κ2) is 13.0. The molecule has 0 spiro atoms. The maximum Gasteiger partial charge on any atom is 0.269 e. The fraction of sp³-hybridized carbons (Fsp3) is 0.0690. The number of nitrogens with zero attached hydrogens (tertiary/aromatic N) is 3. The van der Waals surface area contributed by atoms with Crippen LogP contribution >= 0.6 is 31.9 Å². The van der Waals surface area contributed by atoms with E-state index in [2.05, 4.69) is 41.8 Å². The van der Waals surface area contributed by atoms with E-state index in [0.717, 1.165) is 0 Å². The van der Waals surface area contributed by atoms with Gasteiger partial charge in [0.05, 0.1) is 38.7 Å². The van der Waals surface area contributed by atoms with Gasteiger partial charge >= 0.3 is 0 Å². The average molecular weight is 728 g/mol. The topological polar surface area (TPSA) is 161 Å². The molecule has 1 N–H and O–H groups in total. The van der Waals surface area contributed by atoms with Crippen LogP contribution in [0.5, 0.6) is 34.6 Å². The Kier molecular flexibility index (Phi) is 8.96. The minimum Gasteiger partial charge on any atom is -0.493 e. The van der Waals surface area contributed by atoms with Gasteiger partial charge in [-0.1, -0.05) is 6.07 Å². The zero-order valence-electron chi connectivity index (χ0n) is 22.8. The first-order valence-electron chi connectivity index (χ1n) is 12.5. The van der Waals surface area contributed by atoms with Gasteiger partial charge in [0.1, 0.15) is 17.2 Å². The molecule has 0 aliphatic carbocycles. The molecule has 2 heterocycles. The maximum atomic E-state index is 11.0. The molecular weight excluding hydrogens is 708 g/mol. The normalized spacial score (nSPS) is 13.5. The van der Waals surface area contributed by atoms with Gasteiger partial charge in [-0.25, -0.2) is 4.99 Å². The number of non-ortho nitro benzene ring substituents is 2. The minimum atomic E-state index is -0.503. The Bertz CT molecular complexity index is 1810. The van der Waals surface area contributed by atoms with E-state index < -0.39 is 9.85 Å². The van der Waals surface area contributed by atoms with Gasteiger partial charge in [0.15, 0.2) is 17.3 Å².